The van der Waals surface area contributed by atoms with Crippen LogP contribution in [0.15, 0.2) is 35.1 Å². The molecule has 0 bridgehead atoms. The predicted octanol–water partition coefficient (Wildman–Crippen LogP) is -3.39. The summed E-state index contributed by atoms with van der Waals surface area (Å²) < 4.78 is 5.04. The lowest BCUT2D eigenvalue weighted by atomic mass is 9.54. The number of hydrogen-bond acceptors (Lipinski definition) is 15. The van der Waals surface area contributed by atoms with Crippen LogP contribution in [0.5, 0.6) is 5.75 Å². The summed E-state index contributed by atoms with van der Waals surface area (Å²) in [6, 6.07) is 1.41. The van der Waals surface area contributed by atoms with Crippen molar-refractivity contribution in [1.29, 1.82) is 0 Å². The molecule has 0 spiro atoms. The quantitative estimate of drug-likeness (QED) is 0.107. The van der Waals surface area contributed by atoms with Crippen LogP contribution in [-0.2, 0) is 24.7 Å². The number of rotatable bonds is 6. The number of hydrogen-bond donors (Lipinski definition) is 11. The summed E-state index contributed by atoms with van der Waals surface area (Å²) in [6.45, 7) is 0.104. The number of carbonyl (C=O) groups excluding carboxylic acids is 3. The first-order chi connectivity index (χ1) is 21.0. The van der Waals surface area contributed by atoms with Gasteiger partial charge in [-0.2, -0.15) is 0 Å². The van der Waals surface area contributed by atoms with E-state index in [9.17, 15) is 60.3 Å². The number of fused-ring (bicyclic) bond motifs is 3. The van der Waals surface area contributed by atoms with Gasteiger partial charge in [0.25, 0.3) is 5.91 Å². The zero-order valence-electron chi connectivity index (χ0n) is 24.6. The molecule has 1 heterocycles. The highest BCUT2D eigenvalue weighted by atomic mass is 16.6. The molecular weight excluding hydrogens is 598 g/mol. The van der Waals surface area contributed by atoms with Gasteiger partial charge in [0.1, 0.15) is 41.2 Å². The monoisotopic (exact) mass is 635 g/mol. The number of carbonyl (C=O) groups is 3. The molecule has 1 aromatic carbocycles. The van der Waals surface area contributed by atoms with Gasteiger partial charge in [-0.1, -0.05) is 12.1 Å². The molecule has 4 aliphatic rings. The number of aliphatic hydroxyl groups excluding tert-OH is 6. The van der Waals surface area contributed by atoms with E-state index in [0.717, 1.165) is 0 Å². The number of likely N-dealkylation sites (N-methyl/N-ethyl adjacent to an activating group) is 1. The Labute approximate surface area is 256 Å². The molecule has 1 aromatic rings. The van der Waals surface area contributed by atoms with Crippen LogP contribution in [0.2, 0.25) is 0 Å². The topological polar surface area (TPSA) is 270 Å². The fourth-order valence-corrected chi connectivity index (χ4v) is 7.14. The maximum Gasteiger partial charge on any atom is 0.259 e. The molecule has 5 rings (SSSR count). The van der Waals surface area contributed by atoms with Gasteiger partial charge in [0.15, 0.2) is 17.7 Å². The summed E-state index contributed by atoms with van der Waals surface area (Å²) in [4.78, 5) is 42.6. The molecular formula is C29H37N3O13. The average Bonchev–Trinajstić information content (AvgIpc) is 2.97. The molecule has 5 unspecified atom stereocenters. The van der Waals surface area contributed by atoms with Crippen molar-refractivity contribution in [2.24, 2.45) is 11.8 Å². The van der Waals surface area contributed by atoms with Crippen molar-refractivity contribution >= 4 is 23.2 Å². The minimum atomic E-state index is -2.91. The molecule has 246 valence electrons. The SMILES string of the molecule is CN(C)C1C(=O)C(C(=O)NCN[C@@H]2[C@@H](O)[C@H](O)[C@@H](CO)O[C@H]2O)=C(O)C2(O)C(=O)C3=C(O)c4c(O)cccc4C(C)(O)C3CC12. The van der Waals surface area contributed by atoms with Crippen molar-refractivity contribution < 1.29 is 65.1 Å². The fraction of sp³-hybridized carbons (Fsp3) is 0.552. The Balaban J connectivity index is 1.50. The van der Waals surface area contributed by atoms with Crippen LogP contribution in [-0.4, -0.2) is 138 Å². The highest BCUT2D eigenvalue weighted by Crippen LogP contribution is 2.57. The summed E-state index contributed by atoms with van der Waals surface area (Å²) in [5, 5.41) is 101. The normalized spacial score (nSPS) is 38.2. The molecule has 1 saturated heterocycles. The van der Waals surface area contributed by atoms with E-state index in [1.165, 1.54) is 44.1 Å². The smallest absolute Gasteiger partial charge is 0.259 e. The van der Waals surface area contributed by atoms with E-state index in [1.807, 2.05) is 0 Å². The van der Waals surface area contributed by atoms with E-state index < -0.39 is 119 Å². The Morgan fingerprint density at radius 3 is 2.38 bits per heavy atom. The van der Waals surface area contributed by atoms with E-state index >= 15 is 0 Å². The molecule has 11 N–H and O–H groups in total. The molecule has 2 fully saturated rings. The minimum absolute atomic E-state index is 0.112. The number of benzene rings is 1. The van der Waals surface area contributed by atoms with Crippen LogP contribution in [0.3, 0.4) is 0 Å². The van der Waals surface area contributed by atoms with Gasteiger partial charge < -0.3 is 56.0 Å². The number of nitrogens with one attached hydrogen (secondary N) is 2. The number of ketones is 2. The zero-order valence-corrected chi connectivity index (χ0v) is 24.6. The largest absolute Gasteiger partial charge is 0.508 e. The van der Waals surface area contributed by atoms with Crippen molar-refractivity contribution in [1.82, 2.24) is 15.5 Å². The van der Waals surface area contributed by atoms with Crippen molar-refractivity contribution in [2.75, 3.05) is 27.4 Å². The van der Waals surface area contributed by atoms with E-state index in [1.54, 1.807) is 0 Å². The second kappa shape index (κ2) is 11.4. The lowest BCUT2D eigenvalue weighted by Gasteiger charge is -2.53. The maximum absolute atomic E-state index is 14.1. The maximum atomic E-state index is 14.1. The van der Waals surface area contributed by atoms with E-state index in [0.29, 0.717) is 0 Å². The summed E-state index contributed by atoms with van der Waals surface area (Å²) >= 11 is 0. The number of ether oxygens (including phenoxy) is 1. The molecule has 16 nitrogen and oxygen atoms in total. The Bertz CT molecular complexity index is 1490. The fourth-order valence-electron chi connectivity index (χ4n) is 7.14. The number of nitrogens with zero attached hydrogens (tertiary/aromatic N) is 1. The number of aliphatic hydroxyl groups is 8. The standard InChI is InChI=1S/C29H37N3O13/c1-28(43)10-5-4-6-13(34)15(10)21(36)16-11(28)7-12-19(32(2)3)22(37)17(25(40)29(12,44)24(16)39)26(41)31-9-30-18-23(38)20(35)14(8-33)45-27(18)42/h4-6,11-12,14,18-20,23,27,30,33-36,38,40,42-44H,7-9H2,1-3H3,(H,31,41)/t11?,12?,14-,18-,19?,20-,23-,27-,28?,29?/m1/s1. The summed E-state index contributed by atoms with van der Waals surface area (Å²) in [5.41, 5.74) is -6.35. The molecule has 10 atom stereocenters. The third kappa shape index (κ3) is 4.76. The number of phenols is 1. The van der Waals surface area contributed by atoms with Crippen LogP contribution in [0.1, 0.15) is 24.5 Å². The molecule has 3 aliphatic carbocycles. The molecule has 1 saturated carbocycles. The number of Topliss-reactive ketones (excluding diaryl/α,β-unsaturated/α-hetero) is 2. The summed E-state index contributed by atoms with van der Waals surface area (Å²) in [5.74, 6) is -8.49. The lowest BCUT2D eigenvalue weighted by molar-refractivity contribution is -0.254. The molecule has 1 amide bonds. The van der Waals surface area contributed by atoms with E-state index in [-0.39, 0.29) is 17.5 Å². The second-order valence-electron chi connectivity index (χ2n) is 12.2. The van der Waals surface area contributed by atoms with Gasteiger partial charge in [-0.25, -0.2) is 0 Å². The average molecular weight is 636 g/mol. The first-order valence-corrected chi connectivity index (χ1v) is 14.2. The van der Waals surface area contributed by atoms with E-state index in [4.69, 9.17) is 4.74 Å². The van der Waals surface area contributed by atoms with Gasteiger partial charge in [-0.05, 0) is 39.1 Å². The van der Waals surface area contributed by atoms with Crippen molar-refractivity contribution in [2.45, 2.75) is 61.2 Å². The van der Waals surface area contributed by atoms with Crippen molar-refractivity contribution in [3.63, 3.8) is 0 Å². The van der Waals surface area contributed by atoms with Crippen LogP contribution in [0.4, 0.5) is 0 Å². The summed E-state index contributed by atoms with van der Waals surface area (Å²) in [6.07, 6.45) is -6.52. The Morgan fingerprint density at radius 2 is 1.76 bits per heavy atom. The van der Waals surface area contributed by atoms with Gasteiger partial charge in [0.05, 0.1) is 36.5 Å². The molecule has 1 aliphatic heterocycles. The molecule has 16 heteroatoms. The Kier molecular flexibility index (Phi) is 8.35. The Morgan fingerprint density at radius 1 is 1.09 bits per heavy atom. The van der Waals surface area contributed by atoms with Crippen molar-refractivity contribution in [3.8, 4) is 5.75 Å². The van der Waals surface area contributed by atoms with Gasteiger partial charge >= 0.3 is 0 Å². The number of amides is 1. The van der Waals surface area contributed by atoms with Gasteiger partial charge in [-0.3, -0.25) is 24.6 Å². The first-order valence-electron chi connectivity index (χ1n) is 14.2. The third-order valence-electron chi connectivity index (χ3n) is 9.49. The van der Waals surface area contributed by atoms with Crippen LogP contribution < -0.4 is 10.6 Å². The third-order valence-corrected chi connectivity index (χ3v) is 9.49. The predicted molar refractivity (Wildman–Crippen MR) is 151 cm³/mol. The second-order valence-corrected chi connectivity index (χ2v) is 12.2. The molecule has 0 radical (unpaired) electrons. The summed E-state index contributed by atoms with van der Waals surface area (Å²) in [7, 11) is 2.91. The Hall–Kier alpha value is -3.45. The molecule has 0 aromatic heterocycles. The lowest BCUT2D eigenvalue weighted by Crippen LogP contribution is -2.67. The van der Waals surface area contributed by atoms with Crippen LogP contribution in [0, 0.1) is 11.8 Å². The zero-order chi connectivity index (χ0) is 33.3. The minimum Gasteiger partial charge on any atom is -0.508 e. The van der Waals surface area contributed by atoms with Crippen LogP contribution in [0.25, 0.3) is 5.76 Å². The van der Waals surface area contributed by atoms with Gasteiger partial charge in [-0.15, -0.1) is 0 Å². The van der Waals surface area contributed by atoms with Crippen LogP contribution >= 0.6 is 0 Å². The number of aromatic hydroxyl groups is 1. The van der Waals surface area contributed by atoms with Gasteiger partial charge in [0, 0.05) is 17.4 Å². The first kappa shape index (κ1) is 32.9. The van der Waals surface area contributed by atoms with E-state index in [2.05, 4.69) is 10.6 Å². The van der Waals surface area contributed by atoms with Gasteiger partial charge in [0.2, 0.25) is 5.78 Å². The number of phenolic OH excluding ortho intramolecular Hbond substituents is 1. The highest BCUT2D eigenvalue weighted by molar-refractivity contribution is 6.25. The highest BCUT2D eigenvalue weighted by Gasteiger charge is 2.66. The molecule has 45 heavy (non-hydrogen) atoms. The van der Waals surface area contributed by atoms with Crippen molar-refractivity contribution in [3.05, 3.63) is 46.2 Å².